The molecule has 6 heteroatoms. The van der Waals surface area contributed by atoms with Crippen LogP contribution in [0.4, 0.5) is 4.39 Å². The Morgan fingerprint density at radius 1 is 1.00 bits per heavy atom. The number of methoxy groups -OCH3 is 1. The van der Waals surface area contributed by atoms with Crippen molar-refractivity contribution in [2.24, 2.45) is 0 Å². The van der Waals surface area contributed by atoms with Gasteiger partial charge in [-0.3, -0.25) is 9.59 Å². The van der Waals surface area contributed by atoms with Crippen LogP contribution in [0.1, 0.15) is 33.3 Å². The van der Waals surface area contributed by atoms with Gasteiger partial charge in [0.1, 0.15) is 17.1 Å². The average Bonchev–Trinajstić information content (AvgIpc) is 3.11. The number of benzene rings is 3. The summed E-state index contributed by atoms with van der Waals surface area (Å²) < 4.78 is 24.9. The van der Waals surface area contributed by atoms with Crippen molar-refractivity contribution < 1.29 is 18.3 Å². The van der Waals surface area contributed by atoms with Crippen LogP contribution in [0.3, 0.4) is 0 Å². The Labute approximate surface area is 183 Å². The molecule has 3 aromatic carbocycles. The third-order valence-corrected chi connectivity index (χ3v) is 5.84. The minimum Gasteiger partial charge on any atom is -0.497 e. The Hall–Kier alpha value is -3.93. The largest absolute Gasteiger partial charge is 0.497 e. The van der Waals surface area contributed by atoms with Crippen molar-refractivity contribution in [2.75, 3.05) is 13.7 Å². The van der Waals surface area contributed by atoms with Gasteiger partial charge in [-0.15, -0.1) is 0 Å². The zero-order chi connectivity index (χ0) is 22.2. The Balaban J connectivity index is 1.59. The molecule has 0 fully saturated rings. The molecule has 0 unspecified atom stereocenters. The fourth-order valence-electron chi connectivity index (χ4n) is 4.25. The molecule has 1 aliphatic rings. The lowest BCUT2D eigenvalue weighted by Crippen LogP contribution is -2.31. The Kier molecular flexibility index (Phi) is 4.98. The van der Waals surface area contributed by atoms with Crippen molar-refractivity contribution in [2.45, 2.75) is 12.5 Å². The van der Waals surface area contributed by atoms with Crippen LogP contribution in [0.15, 0.2) is 82.0 Å². The minimum absolute atomic E-state index is 0.0256. The van der Waals surface area contributed by atoms with Gasteiger partial charge in [0.25, 0.3) is 5.91 Å². The Morgan fingerprint density at radius 3 is 2.47 bits per heavy atom. The lowest BCUT2D eigenvalue weighted by molar-refractivity contribution is 0.0730. The molecule has 2 heterocycles. The van der Waals surface area contributed by atoms with Crippen molar-refractivity contribution in [1.82, 2.24) is 4.90 Å². The van der Waals surface area contributed by atoms with Crippen LogP contribution in [0.5, 0.6) is 5.75 Å². The van der Waals surface area contributed by atoms with Gasteiger partial charge in [-0.25, -0.2) is 4.39 Å². The summed E-state index contributed by atoms with van der Waals surface area (Å²) in [6.45, 7) is 0.388. The molecule has 1 atom stereocenters. The first-order valence-corrected chi connectivity index (χ1v) is 10.3. The maximum absolute atomic E-state index is 13.8. The lowest BCUT2D eigenvalue weighted by Gasteiger charge is -2.25. The third-order valence-electron chi connectivity index (χ3n) is 5.84. The van der Waals surface area contributed by atoms with Crippen LogP contribution < -0.4 is 10.2 Å². The number of ether oxygens (including phenoxy) is 1. The predicted molar refractivity (Wildman–Crippen MR) is 118 cm³/mol. The highest BCUT2D eigenvalue weighted by atomic mass is 19.1. The standard InChI is InChI=1S/C26H20FNO4/c1-31-19-10-7-16(8-11-19)13-14-28-23(17-5-3-2-4-6-17)22-24(29)20-15-18(27)9-12-21(20)32-25(22)26(28)30/h2-12,15,23H,13-14H2,1H3/t23-/m0/s1. The van der Waals surface area contributed by atoms with Crippen molar-refractivity contribution in [3.05, 3.63) is 111 Å². The molecular weight excluding hydrogens is 409 g/mol. The van der Waals surface area contributed by atoms with Crippen LogP contribution in [0.2, 0.25) is 0 Å². The number of carbonyl (C=O) groups excluding carboxylic acids is 1. The van der Waals surface area contributed by atoms with Gasteiger partial charge in [-0.1, -0.05) is 42.5 Å². The summed E-state index contributed by atoms with van der Waals surface area (Å²) in [5, 5.41) is 0.134. The molecule has 1 aliphatic heterocycles. The first-order chi connectivity index (χ1) is 15.6. The molecule has 0 aliphatic carbocycles. The molecular formula is C26H20FNO4. The number of hydrogen-bond donors (Lipinski definition) is 0. The van der Waals surface area contributed by atoms with Crippen LogP contribution in [-0.2, 0) is 6.42 Å². The first-order valence-electron chi connectivity index (χ1n) is 10.3. The fraction of sp³-hybridized carbons (Fsp3) is 0.154. The monoisotopic (exact) mass is 429 g/mol. The topological polar surface area (TPSA) is 59.8 Å². The van der Waals surface area contributed by atoms with Crippen molar-refractivity contribution in [3.63, 3.8) is 0 Å². The minimum atomic E-state index is -0.596. The van der Waals surface area contributed by atoms with Crippen molar-refractivity contribution in [1.29, 1.82) is 0 Å². The molecule has 0 spiro atoms. The molecule has 1 aromatic heterocycles. The molecule has 32 heavy (non-hydrogen) atoms. The number of hydrogen-bond acceptors (Lipinski definition) is 4. The second kappa shape index (κ2) is 7.96. The second-order valence-corrected chi connectivity index (χ2v) is 7.72. The third kappa shape index (κ3) is 3.34. The summed E-state index contributed by atoms with van der Waals surface area (Å²) in [7, 11) is 1.61. The zero-order valence-corrected chi connectivity index (χ0v) is 17.4. The lowest BCUT2D eigenvalue weighted by atomic mass is 9.98. The highest BCUT2D eigenvalue weighted by Gasteiger charge is 2.42. The Morgan fingerprint density at radius 2 is 1.75 bits per heavy atom. The molecule has 0 saturated heterocycles. The maximum Gasteiger partial charge on any atom is 0.290 e. The normalized spacial score (nSPS) is 15.2. The first kappa shape index (κ1) is 20.0. The van der Waals surface area contributed by atoms with E-state index in [-0.39, 0.29) is 33.6 Å². The number of carbonyl (C=O) groups is 1. The number of fused-ring (bicyclic) bond motifs is 2. The summed E-state index contributed by atoms with van der Waals surface area (Å²) >= 11 is 0. The Bertz CT molecular complexity index is 1360. The molecule has 5 nitrogen and oxygen atoms in total. The summed E-state index contributed by atoms with van der Waals surface area (Å²) in [5.41, 5.74) is 1.92. The van der Waals surface area contributed by atoms with Crippen LogP contribution in [0.25, 0.3) is 11.0 Å². The van der Waals surface area contributed by atoms with Gasteiger partial charge in [-0.05, 0) is 47.9 Å². The average molecular weight is 429 g/mol. The van der Waals surface area contributed by atoms with Crippen LogP contribution >= 0.6 is 0 Å². The quantitative estimate of drug-likeness (QED) is 0.460. The van der Waals surface area contributed by atoms with E-state index in [9.17, 15) is 14.0 Å². The molecule has 0 saturated carbocycles. The molecule has 5 rings (SSSR count). The molecule has 160 valence electrons. The smallest absolute Gasteiger partial charge is 0.290 e. The van der Waals surface area contributed by atoms with Crippen molar-refractivity contribution in [3.8, 4) is 5.75 Å². The summed E-state index contributed by atoms with van der Waals surface area (Å²) in [5.74, 6) is -0.0839. The van der Waals surface area contributed by atoms with Gasteiger partial charge in [0.2, 0.25) is 5.76 Å². The molecule has 4 aromatic rings. The van der Waals surface area contributed by atoms with Crippen LogP contribution in [0, 0.1) is 5.82 Å². The number of halogens is 1. The number of amides is 1. The molecule has 1 amide bonds. The van der Waals surface area contributed by atoms with E-state index in [1.807, 2.05) is 54.6 Å². The number of rotatable bonds is 5. The molecule has 0 bridgehead atoms. The summed E-state index contributed by atoms with van der Waals surface area (Å²) in [6, 6.07) is 20.2. The predicted octanol–water partition coefficient (Wildman–Crippen LogP) is 4.73. The van der Waals surface area contributed by atoms with E-state index in [1.165, 1.54) is 12.1 Å². The fourth-order valence-corrected chi connectivity index (χ4v) is 4.25. The SMILES string of the molecule is COc1ccc(CCN2C(=O)c3oc4ccc(F)cc4c(=O)c3[C@@H]2c2ccccc2)cc1. The highest BCUT2D eigenvalue weighted by molar-refractivity contribution is 5.99. The van der Waals surface area contributed by atoms with Crippen molar-refractivity contribution >= 4 is 16.9 Å². The van der Waals surface area contributed by atoms with Gasteiger partial charge in [-0.2, -0.15) is 0 Å². The van der Waals surface area contributed by atoms with E-state index in [0.717, 1.165) is 22.9 Å². The van der Waals surface area contributed by atoms with E-state index >= 15 is 0 Å². The van der Waals surface area contributed by atoms with E-state index in [1.54, 1.807) is 12.0 Å². The van der Waals surface area contributed by atoms with E-state index < -0.39 is 11.9 Å². The molecule has 0 radical (unpaired) electrons. The van der Waals surface area contributed by atoms with Gasteiger partial charge in [0.15, 0.2) is 5.43 Å². The van der Waals surface area contributed by atoms with Gasteiger partial charge >= 0.3 is 0 Å². The summed E-state index contributed by atoms with van der Waals surface area (Å²) in [4.78, 5) is 28.4. The number of nitrogens with zero attached hydrogens (tertiary/aromatic N) is 1. The molecule has 0 N–H and O–H groups in total. The zero-order valence-electron chi connectivity index (χ0n) is 17.4. The van der Waals surface area contributed by atoms with E-state index in [0.29, 0.717) is 13.0 Å². The maximum atomic E-state index is 13.8. The second-order valence-electron chi connectivity index (χ2n) is 7.72. The summed E-state index contributed by atoms with van der Waals surface area (Å²) in [6.07, 6.45) is 0.593. The van der Waals surface area contributed by atoms with E-state index in [4.69, 9.17) is 9.15 Å². The van der Waals surface area contributed by atoms with Crippen LogP contribution in [-0.4, -0.2) is 24.5 Å². The van der Waals surface area contributed by atoms with Gasteiger partial charge < -0.3 is 14.1 Å². The van der Waals surface area contributed by atoms with E-state index in [2.05, 4.69) is 0 Å². The van der Waals surface area contributed by atoms with Gasteiger partial charge in [0.05, 0.1) is 24.1 Å². The highest BCUT2D eigenvalue weighted by Crippen LogP contribution is 2.38. The van der Waals surface area contributed by atoms with Gasteiger partial charge in [0, 0.05) is 6.54 Å².